The van der Waals surface area contributed by atoms with Crippen molar-refractivity contribution in [2.45, 2.75) is 12.8 Å². The molecule has 0 amide bonds. The van der Waals surface area contributed by atoms with Crippen molar-refractivity contribution in [2.75, 3.05) is 0 Å². The highest BCUT2D eigenvalue weighted by Gasteiger charge is 2.19. The highest BCUT2D eigenvalue weighted by Crippen LogP contribution is 2.42. The monoisotopic (exact) mass is 658 g/mol. The third kappa shape index (κ3) is 4.78. The molecule has 0 spiro atoms. The zero-order valence-electron chi connectivity index (χ0n) is 27.1. The quantitative estimate of drug-likeness (QED) is 0.185. The molecule has 10 rings (SSSR count). The van der Waals surface area contributed by atoms with Gasteiger partial charge in [-0.05, 0) is 71.3 Å². The number of para-hydroxylation sites is 1. The molecule has 0 unspecified atom stereocenters. The number of rotatable bonds is 5. The molecular formula is C45H30N4S. The van der Waals surface area contributed by atoms with Crippen molar-refractivity contribution in [1.82, 2.24) is 19.5 Å². The molecule has 0 aliphatic heterocycles. The fraction of sp³-hybridized carbons (Fsp3) is 0.0444. The molecule has 0 saturated carbocycles. The Morgan fingerprint density at radius 2 is 1.14 bits per heavy atom. The Hall–Kier alpha value is -6.17. The highest BCUT2D eigenvalue weighted by molar-refractivity contribution is 7.20. The molecule has 50 heavy (non-hydrogen) atoms. The molecule has 0 N–H and O–H groups in total. The summed E-state index contributed by atoms with van der Waals surface area (Å²) in [5.74, 6) is 1.95. The van der Waals surface area contributed by atoms with Gasteiger partial charge >= 0.3 is 0 Å². The average molecular weight is 659 g/mol. The third-order valence-electron chi connectivity index (χ3n) is 9.73. The minimum Gasteiger partial charge on any atom is -0.309 e. The van der Waals surface area contributed by atoms with E-state index < -0.39 is 0 Å². The van der Waals surface area contributed by atoms with Crippen LogP contribution < -0.4 is 0 Å². The number of benzene rings is 6. The molecular weight excluding hydrogens is 629 g/mol. The van der Waals surface area contributed by atoms with Crippen LogP contribution in [0.4, 0.5) is 0 Å². The lowest BCUT2D eigenvalue weighted by Gasteiger charge is -2.12. The van der Waals surface area contributed by atoms with Crippen LogP contribution in [-0.2, 0) is 6.42 Å². The van der Waals surface area contributed by atoms with Crippen molar-refractivity contribution >= 4 is 49.3 Å². The van der Waals surface area contributed by atoms with Crippen molar-refractivity contribution in [3.8, 4) is 51.0 Å². The van der Waals surface area contributed by atoms with Gasteiger partial charge < -0.3 is 4.57 Å². The van der Waals surface area contributed by atoms with E-state index in [4.69, 9.17) is 15.0 Å². The van der Waals surface area contributed by atoms with Crippen molar-refractivity contribution < 1.29 is 0 Å². The number of hydrogen-bond donors (Lipinski definition) is 0. The second kappa shape index (κ2) is 11.8. The number of aryl methyl sites for hydroxylation is 1. The Morgan fingerprint density at radius 1 is 0.500 bits per heavy atom. The van der Waals surface area contributed by atoms with Gasteiger partial charge in [0.15, 0.2) is 17.5 Å². The van der Waals surface area contributed by atoms with E-state index in [9.17, 15) is 0 Å². The van der Waals surface area contributed by atoms with E-state index >= 15 is 0 Å². The molecule has 0 atom stereocenters. The molecule has 1 aliphatic carbocycles. The van der Waals surface area contributed by atoms with E-state index in [0.29, 0.717) is 17.5 Å². The van der Waals surface area contributed by atoms with Gasteiger partial charge in [0.25, 0.3) is 0 Å². The smallest absolute Gasteiger partial charge is 0.164 e. The summed E-state index contributed by atoms with van der Waals surface area (Å²) in [6.07, 6.45) is 6.84. The van der Waals surface area contributed by atoms with Crippen molar-refractivity contribution in [1.29, 1.82) is 0 Å². The van der Waals surface area contributed by atoms with Crippen LogP contribution in [0, 0.1) is 0 Å². The van der Waals surface area contributed by atoms with Crippen molar-refractivity contribution in [2.24, 2.45) is 0 Å². The summed E-state index contributed by atoms with van der Waals surface area (Å²) in [5, 5.41) is 3.86. The maximum Gasteiger partial charge on any atom is 0.164 e. The summed E-state index contributed by atoms with van der Waals surface area (Å²) in [6.45, 7) is 0. The van der Waals surface area contributed by atoms with Crippen LogP contribution >= 0.6 is 11.3 Å². The fourth-order valence-corrected chi connectivity index (χ4v) is 8.68. The van der Waals surface area contributed by atoms with Crippen LogP contribution in [0.3, 0.4) is 0 Å². The van der Waals surface area contributed by atoms with Gasteiger partial charge in [-0.2, -0.15) is 0 Å². The zero-order chi connectivity index (χ0) is 33.0. The van der Waals surface area contributed by atoms with Crippen LogP contribution in [0.2, 0.25) is 0 Å². The number of aromatic nitrogens is 4. The topological polar surface area (TPSA) is 43.6 Å². The van der Waals surface area contributed by atoms with Gasteiger partial charge in [-0.1, -0.05) is 121 Å². The fourth-order valence-electron chi connectivity index (χ4n) is 7.37. The number of nitrogens with zero attached hydrogens (tertiary/aromatic N) is 4. The molecule has 1 aliphatic rings. The molecule has 3 aromatic heterocycles. The van der Waals surface area contributed by atoms with E-state index in [2.05, 4.69) is 102 Å². The van der Waals surface area contributed by atoms with Gasteiger partial charge in [0.05, 0.1) is 11.0 Å². The van der Waals surface area contributed by atoms with Gasteiger partial charge in [0, 0.05) is 42.7 Å². The van der Waals surface area contributed by atoms with Gasteiger partial charge in [-0.25, -0.2) is 15.0 Å². The van der Waals surface area contributed by atoms with E-state index in [-0.39, 0.29) is 0 Å². The van der Waals surface area contributed by atoms with Gasteiger partial charge in [0.2, 0.25) is 0 Å². The summed E-state index contributed by atoms with van der Waals surface area (Å²) in [6, 6.07) is 51.3. The number of fused-ring (bicyclic) bond motifs is 6. The molecule has 4 nitrogen and oxygen atoms in total. The number of hydrogen-bond acceptors (Lipinski definition) is 4. The summed E-state index contributed by atoms with van der Waals surface area (Å²) < 4.78 is 3.74. The Kier molecular flexibility index (Phi) is 6.78. The lowest BCUT2D eigenvalue weighted by molar-refractivity contribution is 1.01. The van der Waals surface area contributed by atoms with E-state index in [1.54, 1.807) is 0 Å². The predicted octanol–water partition coefficient (Wildman–Crippen LogP) is 11.8. The van der Waals surface area contributed by atoms with Crippen LogP contribution in [0.15, 0.2) is 152 Å². The molecule has 5 heteroatoms. The molecule has 0 saturated heterocycles. The SMILES string of the molecule is C1=Cc2sc3c(-c4ccc5c(c4)c4ccccc4n5-c4cccc(-c5nc(-c6ccccc6)nc(-c6ccccc6)n5)c4)cccc3c2CC1. The van der Waals surface area contributed by atoms with Crippen molar-refractivity contribution in [3.05, 3.63) is 162 Å². The van der Waals surface area contributed by atoms with Crippen LogP contribution in [0.25, 0.3) is 88.9 Å². The first-order valence-electron chi connectivity index (χ1n) is 17.0. The van der Waals surface area contributed by atoms with Crippen LogP contribution in [0.5, 0.6) is 0 Å². The van der Waals surface area contributed by atoms with E-state index in [1.807, 2.05) is 72.0 Å². The first-order chi connectivity index (χ1) is 24.8. The Labute approximate surface area is 293 Å². The average Bonchev–Trinajstić information content (AvgIpc) is 3.74. The molecule has 6 aromatic carbocycles. The van der Waals surface area contributed by atoms with Crippen LogP contribution in [-0.4, -0.2) is 19.5 Å². The predicted molar refractivity (Wildman–Crippen MR) is 209 cm³/mol. The summed E-state index contributed by atoms with van der Waals surface area (Å²) in [5.41, 5.74) is 10.3. The highest BCUT2D eigenvalue weighted by atomic mass is 32.1. The summed E-state index contributed by atoms with van der Waals surface area (Å²) in [4.78, 5) is 16.3. The van der Waals surface area contributed by atoms with E-state index in [1.165, 1.54) is 47.9 Å². The Morgan fingerprint density at radius 3 is 1.92 bits per heavy atom. The molecule has 9 aromatic rings. The minimum absolute atomic E-state index is 0.643. The Balaban J connectivity index is 1.13. The zero-order valence-corrected chi connectivity index (χ0v) is 27.9. The largest absolute Gasteiger partial charge is 0.309 e. The molecule has 0 bridgehead atoms. The van der Waals surface area contributed by atoms with E-state index in [0.717, 1.165) is 40.7 Å². The van der Waals surface area contributed by atoms with Crippen molar-refractivity contribution in [3.63, 3.8) is 0 Å². The molecule has 0 fully saturated rings. The first-order valence-corrected chi connectivity index (χ1v) is 17.8. The second-order valence-electron chi connectivity index (χ2n) is 12.7. The maximum atomic E-state index is 5.01. The molecule has 3 heterocycles. The summed E-state index contributed by atoms with van der Waals surface area (Å²) >= 11 is 1.92. The van der Waals surface area contributed by atoms with Gasteiger partial charge in [-0.15, -0.1) is 11.3 Å². The standard InChI is InChI=1S/C45H30N4S/c1-3-13-29(14-4-1)43-46-44(30-15-5-2-6-16-30)48-45(47-43)32-17-11-18-33(27-32)49-39-23-9-7-19-35(39)38-28-31(25-26-40(38)49)34-21-12-22-37-36-20-8-10-24-41(36)50-42(34)37/h1-7,9-19,21-28H,8,20H2. The number of allylic oxidation sites excluding steroid dienone is 1. The van der Waals surface area contributed by atoms with Gasteiger partial charge in [0.1, 0.15) is 0 Å². The molecule has 236 valence electrons. The lowest BCUT2D eigenvalue weighted by Crippen LogP contribution is -2.01. The van der Waals surface area contributed by atoms with Crippen LogP contribution in [0.1, 0.15) is 16.9 Å². The minimum atomic E-state index is 0.643. The lowest BCUT2D eigenvalue weighted by atomic mass is 9.97. The summed E-state index contributed by atoms with van der Waals surface area (Å²) in [7, 11) is 0. The Bertz CT molecular complexity index is 2700. The first kappa shape index (κ1) is 28.8. The molecule has 0 radical (unpaired) electrons. The second-order valence-corrected chi connectivity index (χ2v) is 13.8. The maximum absolute atomic E-state index is 5.01. The third-order valence-corrected chi connectivity index (χ3v) is 11.0. The van der Waals surface area contributed by atoms with Gasteiger partial charge in [-0.3, -0.25) is 0 Å². The normalized spacial score (nSPS) is 12.6. The number of thiophene rings is 1.